The number of thiophene rings is 1. The molecular formula is C14H13BrN2O3S. The highest BCUT2D eigenvalue weighted by Crippen LogP contribution is 2.23. The molecular weight excluding hydrogens is 356 g/mol. The lowest BCUT2D eigenvalue weighted by molar-refractivity contribution is -0.116. The van der Waals surface area contributed by atoms with E-state index in [1.807, 2.05) is 12.1 Å². The average molecular weight is 369 g/mol. The Labute approximate surface area is 134 Å². The predicted octanol–water partition coefficient (Wildman–Crippen LogP) is 3.57. The van der Waals surface area contributed by atoms with E-state index in [1.54, 1.807) is 11.3 Å². The molecule has 0 radical (unpaired) electrons. The number of amides is 1. The van der Waals surface area contributed by atoms with Gasteiger partial charge in [0.15, 0.2) is 0 Å². The van der Waals surface area contributed by atoms with Gasteiger partial charge in [-0.1, -0.05) is 0 Å². The van der Waals surface area contributed by atoms with E-state index in [2.05, 4.69) is 26.2 Å². The fourth-order valence-corrected chi connectivity index (χ4v) is 3.33. The smallest absolute Gasteiger partial charge is 0.337 e. The molecule has 2 rings (SSSR count). The van der Waals surface area contributed by atoms with Gasteiger partial charge in [-0.3, -0.25) is 9.78 Å². The minimum Gasteiger partial charge on any atom is -0.478 e. The Morgan fingerprint density at radius 1 is 1.33 bits per heavy atom. The van der Waals surface area contributed by atoms with E-state index in [-0.39, 0.29) is 17.2 Å². The van der Waals surface area contributed by atoms with E-state index in [4.69, 9.17) is 5.11 Å². The van der Waals surface area contributed by atoms with Crippen LogP contribution in [0.4, 0.5) is 5.69 Å². The monoisotopic (exact) mass is 368 g/mol. The van der Waals surface area contributed by atoms with Gasteiger partial charge in [0, 0.05) is 17.5 Å². The Morgan fingerprint density at radius 2 is 2.14 bits per heavy atom. The Bertz CT molecular complexity index is 657. The highest BCUT2D eigenvalue weighted by molar-refractivity contribution is 9.11. The van der Waals surface area contributed by atoms with Crippen molar-refractivity contribution in [2.45, 2.75) is 19.3 Å². The molecule has 7 heteroatoms. The van der Waals surface area contributed by atoms with Crippen LogP contribution in [0.1, 0.15) is 28.1 Å². The molecule has 0 saturated carbocycles. The van der Waals surface area contributed by atoms with Crippen molar-refractivity contribution in [3.05, 3.63) is 44.8 Å². The van der Waals surface area contributed by atoms with E-state index in [0.717, 1.165) is 10.2 Å². The molecule has 0 aliphatic heterocycles. The number of halogens is 1. The Kier molecular flexibility index (Phi) is 5.46. The molecule has 0 bridgehead atoms. The van der Waals surface area contributed by atoms with Gasteiger partial charge in [-0.15, -0.1) is 11.3 Å². The van der Waals surface area contributed by atoms with Crippen molar-refractivity contribution in [2.24, 2.45) is 0 Å². The molecule has 0 aliphatic carbocycles. The Hall–Kier alpha value is -1.73. The van der Waals surface area contributed by atoms with Crippen molar-refractivity contribution in [1.82, 2.24) is 4.98 Å². The first-order valence-electron chi connectivity index (χ1n) is 6.27. The lowest BCUT2D eigenvalue weighted by Crippen LogP contribution is -2.14. The zero-order chi connectivity index (χ0) is 15.2. The van der Waals surface area contributed by atoms with Gasteiger partial charge in [0.05, 0.1) is 21.2 Å². The minimum atomic E-state index is -1.09. The number of aromatic nitrogens is 1. The number of carbonyl (C=O) groups is 2. The van der Waals surface area contributed by atoms with Crippen LogP contribution < -0.4 is 5.32 Å². The maximum absolute atomic E-state index is 11.8. The number of carboxylic acids is 1. The lowest BCUT2D eigenvalue weighted by Gasteiger charge is -2.07. The van der Waals surface area contributed by atoms with Crippen LogP contribution in [-0.2, 0) is 11.2 Å². The van der Waals surface area contributed by atoms with Crippen LogP contribution in [0.15, 0.2) is 34.4 Å². The SMILES string of the molecule is O=C(CCCc1ccc(Br)s1)Nc1cnccc1C(=O)O. The van der Waals surface area contributed by atoms with Gasteiger partial charge in [0.1, 0.15) is 0 Å². The Balaban J connectivity index is 1.86. The number of nitrogens with one attached hydrogen (secondary N) is 1. The zero-order valence-electron chi connectivity index (χ0n) is 11.0. The number of rotatable bonds is 6. The third kappa shape index (κ3) is 4.64. The molecule has 2 N–H and O–H groups in total. The summed E-state index contributed by atoms with van der Waals surface area (Å²) in [5, 5.41) is 11.6. The summed E-state index contributed by atoms with van der Waals surface area (Å²) in [5.74, 6) is -1.29. The van der Waals surface area contributed by atoms with Crippen LogP contribution in [0, 0.1) is 0 Å². The zero-order valence-corrected chi connectivity index (χ0v) is 13.4. The summed E-state index contributed by atoms with van der Waals surface area (Å²) in [6.07, 6.45) is 4.60. The second-order valence-corrected chi connectivity index (χ2v) is 6.88. The molecule has 0 aliphatic rings. The van der Waals surface area contributed by atoms with Crippen molar-refractivity contribution in [3.63, 3.8) is 0 Å². The fraction of sp³-hybridized carbons (Fsp3) is 0.214. The second-order valence-electron chi connectivity index (χ2n) is 4.33. The minimum absolute atomic E-state index is 0.0422. The third-order valence-corrected chi connectivity index (χ3v) is 4.46. The van der Waals surface area contributed by atoms with Crippen molar-refractivity contribution in [3.8, 4) is 0 Å². The van der Waals surface area contributed by atoms with E-state index in [0.29, 0.717) is 12.8 Å². The van der Waals surface area contributed by atoms with Gasteiger partial charge < -0.3 is 10.4 Å². The van der Waals surface area contributed by atoms with Crippen LogP contribution in [0.2, 0.25) is 0 Å². The summed E-state index contributed by atoms with van der Waals surface area (Å²) in [6.45, 7) is 0. The van der Waals surface area contributed by atoms with E-state index in [9.17, 15) is 9.59 Å². The highest BCUT2D eigenvalue weighted by atomic mass is 79.9. The molecule has 0 saturated heterocycles. The standard InChI is InChI=1S/C14H13BrN2O3S/c15-12-5-4-9(21-12)2-1-3-13(18)17-11-8-16-7-6-10(11)14(19)20/h4-8H,1-3H2,(H,17,18)(H,19,20). The highest BCUT2D eigenvalue weighted by Gasteiger charge is 2.12. The normalized spacial score (nSPS) is 10.3. The average Bonchev–Trinajstić information content (AvgIpc) is 2.85. The molecule has 1 amide bonds. The van der Waals surface area contributed by atoms with E-state index >= 15 is 0 Å². The third-order valence-electron chi connectivity index (χ3n) is 2.78. The first kappa shape index (κ1) is 15.7. The van der Waals surface area contributed by atoms with Gasteiger partial charge in [-0.2, -0.15) is 0 Å². The lowest BCUT2D eigenvalue weighted by atomic mass is 10.2. The number of nitrogens with zero attached hydrogens (tertiary/aromatic N) is 1. The maximum atomic E-state index is 11.8. The first-order chi connectivity index (χ1) is 10.1. The van der Waals surface area contributed by atoms with Crippen LogP contribution >= 0.6 is 27.3 Å². The number of anilines is 1. The van der Waals surface area contributed by atoms with E-state index < -0.39 is 5.97 Å². The molecule has 2 heterocycles. The predicted molar refractivity (Wildman–Crippen MR) is 84.8 cm³/mol. The number of carbonyl (C=O) groups excluding carboxylic acids is 1. The topological polar surface area (TPSA) is 79.3 Å². The van der Waals surface area contributed by atoms with Crippen LogP contribution in [0.5, 0.6) is 0 Å². The molecule has 0 spiro atoms. The quantitative estimate of drug-likeness (QED) is 0.816. The fourth-order valence-electron chi connectivity index (χ4n) is 1.80. The van der Waals surface area contributed by atoms with Crippen molar-refractivity contribution in [1.29, 1.82) is 0 Å². The molecule has 21 heavy (non-hydrogen) atoms. The molecule has 2 aromatic heterocycles. The maximum Gasteiger partial charge on any atom is 0.337 e. The largest absolute Gasteiger partial charge is 0.478 e. The molecule has 5 nitrogen and oxygen atoms in total. The van der Waals surface area contributed by atoms with Gasteiger partial charge in [-0.05, 0) is 47.0 Å². The van der Waals surface area contributed by atoms with Gasteiger partial charge in [0.2, 0.25) is 5.91 Å². The van der Waals surface area contributed by atoms with Gasteiger partial charge in [0.25, 0.3) is 0 Å². The molecule has 0 atom stereocenters. The number of pyridine rings is 1. The summed E-state index contributed by atoms with van der Waals surface area (Å²) >= 11 is 5.04. The molecule has 0 aromatic carbocycles. The number of carboxylic acid groups (broad SMARTS) is 1. The number of aromatic carboxylic acids is 1. The molecule has 0 fully saturated rings. The van der Waals surface area contributed by atoms with E-state index in [1.165, 1.54) is 23.3 Å². The van der Waals surface area contributed by atoms with Gasteiger partial charge >= 0.3 is 5.97 Å². The van der Waals surface area contributed by atoms with Crippen molar-refractivity contribution < 1.29 is 14.7 Å². The first-order valence-corrected chi connectivity index (χ1v) is 7.88. The number of hydrogen-bond acceptors (Lipinski definition) is 4. The molecule has 0 unspecified atom stereocenters. The van der Waals surface area contributed by atoms with Crippen LogP contribution in [-0.4, -0.2) is 22.0 Å². The van der Waals surface area contributed by atoms with Crippen molar-refractivity contribution >= 4 is 44.8 Å². The molecule has 110 valence electrons. The van der Waals surface area contributed by atoms with Crippen LogP contribution in [0.3, 0.4) is 0 Å². The summed E-state index contributed by atoms with van der Waals surface area (Å²) in [6, 6.07) is 5.37. The summed E-state index contributed by atoms with van der Waals surface area (Å²) in [7, 11) is 0. The molecule has 2 aromatic rings. The summed E-state index contributed by atoms with van der Waals surface area (Å²) in [4.78, 5) is 27.9. The van der Waals surface area contributed by atoms with Crippen LogP contribution in [0.25, 0.3) is 0 Å². The number of aryl methyl sites for hydroxylation is 1. The number of hydrogen-bond donors (Lipinski definition) is 2. The second kappa shape index (κ2) is 7.33. The summed E-state index contributed by atoms with van der Waals surface area (Å²) in [5.41, 5.74) is 0.273. The van der Waals surface area contributed by atoms with Gasteiger partial charge in [-0.25, -0.2) is 4.79 Å². The summed E-state index contributed by atoms with van der Waals surface area (Å²) < 4.78 is 1.07. The Morgan fingerprint density at radius 3 is 2.81 bits per heavy atom. The van der Waals surface area contributed by atoms with Crippen molar-refractivity contribution in [2.75, 3.05) is 5.32 Å².